The van der Waals surface area contributed by atoms with Gasteiger partial charge in [0.25, 0.3) is 5.91 Å². The molecular formula is C34H40N6O2. The SMILES string of the molecule is Cc1ccc(-n2nc(C(C)(C)C)cc2NC(=O)Nc2ccc(N(C)C3CCN(C(=O)c4ccccc4)CC3)cc2)cc1. The summed E-state index contributed by atoms with van der Waals surface area (Å²) in [5.74, 6) is 0.705. The van der Waals surface area contributed by atoms with Crippen molar-refractivity contribution in [2.75, 3.05) is 35.7 Å². The lowest BCUT2D eigenvalue weighted by atomic mass is 9.92. The van der Waals surface area contributed by atoms with Gasteiger partial charge in [0.2, 0.25) is 0 Å². The highest BCUT2D eigenvalue weighted by Gasteiger charge is 2.26. The minimum atomic E-state index is -0.333. The summed E-state index contributed by atoms with van der Waals surface area (Å²) in [5.41, 5.74) is 5.28. The first-order valence-corrected chi connectivity index (χ1v) is 14.5. The number of benzene rings is 3. The standard InChI is InChI=1S/C34H40N6O2/c1-24-11-15-29(16-12-24)40-31(23-30(37-40)34(2,3)4)36-33(42)35-26-13-17-27(18-14-26)38(5)28-19-21-39(22-20-28)32(41)25-9-7-6-8-10-25/h6-18,23,28H,19-22H2,1-5H3,(H2,35,36,42). The average molecular weight is 565 g/mol. The second kappa shape index (κ2) is 12.1. The molecular weight excluding hydrogens is 524 g/mol. The van der Waals surface area contributed by atoms with Crippen molar-refractivity contribution in [1.29, 1.82) is 0 Å². The monoisotopic (exact) mass is 564 g/mol. The van der Waals surface area contributed by atoms with Crippen molar-refractivity contribution in [3.63, 3.8) is 0 Å². The lowest BCUT2D eigenvalue weighted by Crippen LogP contribution is -2.45. The van der Waals surface area contributed by atoms with Crippen molar-refractivity contribution in [3.05, 3.63) is 102 Å². The van der Waals surface area contributed by atoms with Crippen LogP contribution in [0.5, 0.6) is 0 Å². The van der Waals surface area contributed by atoms with Crippen LogP contribution in [0.25, 0.3) is 5.69 Å². The highest BCUT2D eigenvalue weighted by Crippen LogP contribution is 2.28. The van der Waals surface area contributed by atoms with Gasteiger partial charge in [0.1, 0.15) is 5.82 Å². The summed E-state index contributed by atoms with van der Waals surface area (Å²) in [6.07, 6.45) is 1.81. The van der Waals surface area contributed by atoms with Gasteiger partial charge >= 0.3 is 6.03 Å². The fraction of sp³-hybridized carbons (Fsp3) is 0.324. The van der Waals surface area contributed by atoms with E-state index < -0.39 is 0 Å². The van der Waals surface area contributed by atoms with Gasteiger partial charge in [-0.05, 0) is 68.3 Å². The molecule has 1 aliphatic rings. The maximum absolute atomic E-state index is 13.0. The van der Waals surface area contributed by atoms with E-state index in [4.69, 9.17) is 5.10 Å². The summed E-state index contributed by atoms with van der Waals surface area (Å²) in [7, 11) is 2.09. The van der Waals surface area contributed by atoms with Crippen LogP contribution in [0, 0.1) is 6.92 Å². The number of carbonyl (C=O) groups excluding carboxylic acids is 2. The van der Waals surface area contributed by atoms with Crippen molar-refractivity contribution in [1.82, 2.24) is 14.7 Å². The van der Waals surface area contributed by atoms with Crippen LogP contribution in [-0.4, -0.2) is 52.8 Å². The van der Waals surface area contributed by atoms with Crippen molar-refractivity contribution in [2.45, 2.75) is 52.0 Å². The summed E-state index contributed by atoms with van der Waals surface area (Å²) < 4.78 is 1.77. The number of nitrogens with zero attached hydrogens (tertiary/aromatic N) is 4. The number of carbonyl (C=O) groups is 2. The number of amides is 3. The number of urea groups is 1. The second-order valence-corrected chi connectivity index (χ2v) is 12.0. The van der Waals surface area contributed by atoms with Crippen molar-refractivity contribution in [3.8, 4) is 5.69 Å². The average Bonchev–Trinajstić information content (AvgIpc) is 3.42. The minimum Gasteiger partial charge on any atom is -0.371 e. The van der Waals surface area contributed by atoms with Crippen molar-refractivity contribution >= 4 is 29.1 Å². The normalized spacial score (nSPS) is 14.0. The van der Waals surface area contributed by atoms with Crippen LogP contribution in [0.15, 0.2) is 84.9 Å². The zero-order valence-corrected chi connectivity index (χ0v) is 25.1. The van der Waals surface area contributed by atoms with Gasteiger partial charge in [0.05, 0.1) is 11.4 Å². The number of rotatable bonds is 6. The Kier molecular flexibility index (Phi) is 8.34. The molecule has 1 saturated heterocycles. The summed E-state index contributed by atoms with van der Waals surface area (Å²) in [6.45, 7) is 9.82. The predicted octanol–water partition coefficient (Wildman–Crippen LogP) is 6.86. The van der Waals surface area contributed by atoms with Crippen LogP contribution < -0.4 is 15.5 Å². The quantitative estimate of drug-likeness (QED) is 0.268. The molecule has 8 heteroatoms. The Hall–Kier alpha value is -4.59. The lowest BCUT2D eigenvalue weighted by molar-refractivity contribution is 0.0713. The summed E-state index contributed by atoms with van der Waals surface area (Å²) >= 11 is 0. The van der Waals surface area contributed by atoms with Gasteiger partial charge in [-0.3, -0.25) is 10.1 Å². The number of anilines is 3. The van der Waals surface area contributed by atoms with Gasteiger partial charge < -0.3 is 15.1 Å². The van der Waals surface area contributed by atoms with E-state index in [0.717, 1.165) is 54.1 Å². The lowest BCUT2D eigenvalue weighted by Gasteiger charge is -2.38. The van der Waals surface area contributed by atoms with Crippen LogP contribution in [0.2, 0.25) is 0 Å². The molecule has 0 spiro atoms. The third-order valence-electron chi connectivity index (χ3n) is 7.85. The van der Waals surface area contributed by atoms with E-state index in [1.165, 1.54) is 0 Å². The largest absolute Gasteiger partial charge is 0.371 e. The molecule has 0 radical (unpaired) electrons. The molecule has 1 fully saturated rings. The van der Waals surface area contributed by atoms with Crippen LogP contribution in [-0.2, 0) is 5.41 Å². The third kappa shape index (κ3) is 6.65. The molecule has 42 heavy (non-hydrogen) atoms. The fourth-order valence-corrected chi connectivity index (χ4v) is 5.21. The Morgan fingerprint density at radius 2 is 1.52 bits per heavy atom. The topological polar surface area (TPSA) is 82.5 Å². The zero-order chi connectivity index (χ0) is 29.9. The Morgan fingerprint density at radius 1 is 0.881 bits per heavy atom. The Bertz CT molecular complexity index is 1510. The Morgan fingerprint density at radius 3 is 2.14 bits per heavy atom. The molecule has 0 aliphatic carbocycles. The van der Waals surface area contributed by atoms with Gasteiger partial charge in [0.15, 0.2) is 0 Å². The predicted molar refractivity (Wildman–Crippen MR) is 170 cm³/mol. The number of aromatic nitrogens is 2. The van der Waals surface area contributed by atoms with E-state index >= 15 is 0 Å². The minimum absolute atomic E-state index is 0.0990. The molecule has 0 saturated carbocycles. The van der Waals surface area contributed by atoms with Crippen LogP contribution in [0.1, 0.15) is 55.2 Å². The number of aryl methyl sites for hydroxylation is 1. The molecule has 3 aromatic carbocycles. The molecule has 4 aromatic rings. The molecule has 0 atom stereocenters. The fourth-order valence-electron chi connectivity index (χ4n) is 5.21. The van der Waals surface area contributed by atoms with Crippen molar-refractivity contribution in [2.24, 2.45) is 0 Å². The van der Waals surface area contributed by atoms with E-state index in [1.54, 1.807) is 4.68 Å². The number of hydrogen-bond acceptors (Lipinski definition) is 4. The van der Waals surface area contributed by atoms with Gasteiger partial charge in [-0.2, -0.15) is 5.10 Å². The van der Waals surface area contributed by atoms with Crippen LogP contribution >= 0.6 is 0 Å². The van der Waals surface area contributed by atoms with Gasteiger partial charge in [-0.25, -0.2) is 9.48 Å². The molecule has 1 aromatic heterocycles. The highest BCUT2D eigenvalue weighted by molar-refractivity contribution is 5.99. The van der Waals surface area contributed by atoms with Gasteiger partial charge in [0, 0.05) is 54.6 Å². The maximum atomic E-state index is 13.0. The van der Waals surface area contributed by atoms with Crippen molar-refractivity contribution < 1.29 is 9.59 Å². The number of piperidine rings is 1. The number of likely N-dealkylation sites (tertiary alicyclic amines) is 1. The third-order valence-corrected chi connectivity index (χ3v) is 7.85. The molecule has 8 nitrogen and oxygen atoms in total. The first kappa shape index (κ1) is 28.9. The van der Waals surface area contributed by atoms with Gasteiger partial charge in [-0.15, -0.1) is 0 Å². The van der Waals surface area contributed by atoms with E-state index in [1.807, 2.05) is 96.8 Å². The maximum Gasteiger partial charge on any atom is 0.324 e. The molecule has 0 bridgehead atoms. The number of hydrogen-bond donors (Lipinski definition) is 2. The molecule has 0 unspecified atom stereocenters. The first-order valence-electron chi connectivity index (χ1n) is 14.5. The smallest absolute Gasteiger partial charge is 0.324 e. The molecule has 1 aliphatic heterocycles. The van der Waals surface area contributed by atoms with Crippen LogP contribution in [0.3, 0.4) is 0 Å². The molecule has 2 N–H and O–H groups in total. The zero-order valence-electron chi connectivity index (χ0n) is 25.1. The summed E-state index contributed by atoms with van der Waals surface area (Å²) in [5, 5.41) is 10.7. The first-order chi connectivity index (χ1) is 20.1. The van der Waals surface area contributed by atoms with Crippen LogP contribution in [0.4, 0.5) is 22.0 Å². The van der Waals surface area contributed by atoms with Gasteiger partial charge in [-0.1, -0.05) is 56.7 Å². The van der Waals surface area contributed by atoms with E-state index in [9.17, 15) is 9.59 Å². The Balaban J connectivity index is 1.19. The highest BCUT2D eigenvalue weighted by atomic mass is 16.2. The van der Waals surface area contributed by atoms with E-state index in [0.29, 0.717) is 17.5 Å². The molecule has 3 amide bonds. The molecule has 2 heterocycles. The summed E-state index contributed by atoms with van der Waals surface area (Å²) in [6, 6.07) is 27.3. The number of nitrogens with one attached hydrogen (secondary N) is 2. The summed E-state index contributed by atoms with van der Waals surface area (Å²) in [4.78, 5) is 30.0. The molecule has 5 rings (SSSR count). The Labute approximate surface area is 248 Å². The molecule has 218 valence electrons. The second-order valence-electron chi connectivity index (χ2n) is 12.0. The van der Waals surface area contributed by atoms with E-state index in [2.05, 4.69) is 43.4 Å². The van der Waals surface area contributed by atoms with E-state index in [-0.39, 0.29) is 17.4 Å².